The van der Waals surface area contributed by atoms with E-state index in [2.05, 4.69) is 20.4 Å². The first kappa shape index (κ1) is 18.8. The molecule has 10 heteroatoms. The van der Waals surface area contributed by atoms with Gasteiger partial charge in [0.05, 0.1) is 17.9 Å². The van der Waals surface area contributed by atoms with Crippen molar-refractivity contribution in [2.24, 2.45) is 0 Å². The summed E-state index contributed by atoms with van der Waals surface area (Å²) in [6, 6.07) is 12.2. The molecule has 0 bridgehead atoms. The van der Waals surface area contributed by atoms with Gasteiger partial charge in [-0.05, 0) is 30.3 Å². The lowest BCUT2D eigenvalue weighted by Gasteiger charge is -2.13. The number of pyridine rings is 1. The third-order valence-electron chi connectivity index (χ3n) is 4.78. The second-order valence-corrected chi connectivity index (χ2v) is 8.20. The summed E-state index contributed by atoms with van der Waals surface area (Å²) in [6.07, 6.45) is 3.28. The third kappa shape index (κ3) is 3.35. The zero-order valence-corrected chi connectivity index (χ0v) is 17.1. The van der Waals surface area contributed by atoms with Gasteiger partial charge >= 0.3 is 0 Å². The molecule has 5 rings (SSSR count). The lowest BCUT2D eigenvalue weighted by molar-refractivity contribution is -0.116. The Bertz CT molecular complexity index is 1320. The molecule has 4 aromatic rings. The van der Waals surface area contributed by atoms with E-state index in [0.29, 0.717) is 32.8 Å². The highest BCUT2D eigenvalue weighted by molar-refractivity contribution is 7.99. The quantitative estimate of drug-likeness (QED) is 0.491. The van der Waals surface area contributed by atoms with Gasteiger partial charge in [-0.25, -0.2) is 14.6 Å². The molecule has 1 atom stereocenters. The van der Waals surface area contributed by atoms with E-state index in [1.165, 1.54) is 18.0 Å². The Kier molecular flexibility index (Phi) is 4.76. The van der Waals surface area contributed by atoms with Crippen LogP contribution < -0.4 is 10.9 Å². The average Bonchev–Trinajstić information content (AvgIpc) is 3.34. The molecular formula is C20H15ClN6O2S. The molecule has 0 saturated heterocycles. The standard InChI is InChI=1S/C20H15ClN6O2S/c21-12-4-3-5-13(8-12)27-18-15(10-23-27)19(29)26-14(11-30-20(26)25-18)9-17(28)24-16-6-1-2-7-22-16/h1-8,10,14H,9,11H2,(H,22,24,28)/t14-/m0/s1. The van der Waals surface area contributed by atoms with E-state index in [1.54, 1.807) is 45.8 Å². The number of halogens is 1. The van der Waals surface area contributed by atoms with Crippen molar-refractivity contribution < 1.29 is 4.79 Å². The fraction of sp³-hybridized carbons (Fsp3) is 0.150. The molecule has 0 saturated carbocycles. The van der Waals surface area contributed by atoms with Crippen molar-refractivity contribution >= 4 is 46.1 Å². The molecule has 0 fully saturated rings. The smallest absolute Gasteiger partial charge is 0.265 e. The summed E-state index contributed by atoms with van der Waals surface area (Å²) < 4.78 is 3.19. The van der Waals surface area contributed by atoms with Crippen LogP contribution >= 0.6 is 23.4 Å². The maximum atomic E-state index is 13.2. The molecule has 1 aromatic carbocycles. The lowest BCUT2D eigenvalue weighted by atomic mass is 10.2. The van der Waals surface area contributed by atoms with Gasteiger partial charge in [0.15, 0.2) is 10.8 Å². The van der Waals surface area contributed by atoms with Gasteiger partial charge in [0.1, 0.15) is 11.2 Å². The molecule has 0 radical (unpaired) electrons. The van der Waals surface area contributed by atoms with E-state index in [1.807, 2.05) is 12.1 Å². The monoisotopic (exact) mass is 438 g/mol. The zero-order valence-electron chi connectivity index (χ0n) is 15.5. The molecule has 0 aliphatic carbocycles. The maximum Gasteiger partial charge on any atom is 0.265 e. The van der Waals surface area contributed by atoms with E-state index in [-0.39, 0.29) is 23.9 Å². The number of fused-ring (bicyclic) bond motifs is 2. The van der Waals surface area contributed by atoms with Crippen LogP contribution in [0, 0.1) is 0 Å². The normalized spacial score (nSPS) is 15.3. The number of rotatable bonds is 4. The first-order valence-corrected chi connectivity index (χ1v) is 10.6. The molecule has 150 valence electrons. The fourth-order valence-electron chi connectivity index (χ4n) is 3.42. The largest absolute Gasteiger partial charge is 0.311 e. The van der Waals surface area contributed by atoms with Gasteiger partial charge in [0.25, 0.3) is 5.56 Å². The molecular weight excluding hydrogens is 424 g/mol. The predicted octanol–water partition coefficient (Wildman–Crippen LogP) is 3.31. The Labute approximate surface area is 179 Å². The molecule has 1 N–H and O–H groups in total. The van der Waals surface area contributed by atoms with Gasteiger partial charge in [-0.1, -0.05) is 35.5 Å². The predicted molar refractivity (Wildman–Crippen MR) is 115 cm³/mol. The fourth-order valence-corrected chi connectivity index (χ4v) is 4.74. The minimum atomic E-state index is -0.285. The summed E-state index contributed by atoms with van der Waals surface area (Å²) in [7, 11) is 0. The van der Waals surface area contributed by atoms with Gasteiger partial charge in [-0.2, -0.15) is 5.10 Å². The number of hydrogen-bond acceptors (Lipinski definition) is 6. The minimum Gasteiger partial charge on any atom is -0.311 e. The summed E-state index contributed by atoms with van der Waals surface area (Å²) in [6.45, 7) is 0. The molecule has 30 heavy (non-hydrogen) atoms. The van der Waals surface area contributed by atoms with Crippen LogP contribution in [0.2, 0.25) is 5.02 Å². The number of amides is 1. The molecule has 1 aliphatic rings. The molecule has 0 unspecified atom stereocenters. The van der Waals surface area contributed by atoms with E-state index in [0.717, 1.165) is 5.69 Å². The van der Waals surface area contributed by atoms with Crippen LogP contribution in [0.3, 0.4) is 0 Å². The van der Waals surface area contributed by atoms with Crippen LogP contribution in [0.15, 0.2) is 64.8 Å². The Morgan fingerprint density at radius 2 is 2.17 bits per heavy atom. The van der Waals surface area contributed by atoms with Gasteiger partial charge in [0, 0.05) is 23.4 Å². The lowest BCUT2D eigenvalue weighted by Crippen LogP contribution is -2.27. The maximum absolute atomic E-state index is 13.2. The van der Waals surface area contributed by atoms with Crippen LogP contribution in [-0.2, 0) is 4.79 Å². The molecule has 3 aromatic heterocycles. The van der Waals surface area contributed by atoms with Crippen LogP contribution in [0.25, 0.3) is 16.7 Å². The number of thioether (sulfide) groups is 1. The van der Waals surface area contributed by atoms with Gasteiger partial charge in [-0.3, -0.25) is 14.2 Å². The van der Waals surface area contributed by atoms with Crippen LogP contribution in [0.1, 0.15) is 12.5 Å². The minimum absolute atomic E-state index is 0.159. The van der Waals surface area contributed by atoms with Gasteiger partial charge < -0.3 is 5.32 Å². The molecule has 4 heterocycles. The zero-order chi connectivity index (χ0) is 20.7. The van der Waals surface area contributed by atoms with Gasteiger partial charge in [-0.15, -0.1) is 0 Å². The van der Waals surface area contributed by atoms with E-state index >= 15 is 0 Å². The number of carbonyl (C=O) groups excluding carboxylic acids is 1. The first-order chi connectivity index (χ1) is 14.6. The van der Waals surface area contributed by atoms with Crippen molar-refractivity contribution in [3.05, 3.63) is 70.2 Å². The highest BCUT2D eigenvalue weighted by Gasteiger charge is 2.29. The Balaban J connectivity index is 1.47. The van der Waals surface area contributed by atoms with Crippen LogP contribution in [0.5, 0.6) is 0 Å². The Morgan fingerprint density at radius 3 is 2.97 bits per heavy atom. The summed E-state index contributed by atoms with van der Waals surface area (Å²) in [5, 5.41) is 8.65. The number of benzene rings is 1. The second kappa shape index (κ2) is 7.58. The SMILES string of the molecule is O=C(C[C@H]1CSc2nc3c(cnn3-c3cccc(Cl)c3)c(=O)n21)Nc1ccccn1. The topological polar surface area (TPSA) is 94.7 Å². The van der Waals surface area contributed by atoms with Crippen LogP contribution in [-0.4, -0.2) is 36.0 Å². The van der Waals surface area contributed by atoms with Crippen molar-refractivity contribution in [1.82, 2.24) is 24.3 Å². The summed E-state index contributed by atoms with van der Waals surface area (Å²) in [5.74, 6) is 0.876. The van der Waals surface area contributed by atoms with E-state index in [9.17, 15) is 9.59 Å². The second-order valence-electron chi connectivity index (χ2n) is 6.78. The first-order valence-electron chi connectivity index (χ1n) is 9.20. The molecule has 1 amide bonds. The van der Waals surface area contributed by atoms with E-state index < -0.39 is 0 Å². The van der Waals surface area contributed by atoms with Crippen molar-refractivity contribution in [2.45, 2.75) is 17.6 Å². The van der Waals surface area contributed by atoms with Crippen molar-refractivity contribution in [1.29, 1.82) is 0 Å². The number of nitrogens with one attached hydrogen (secondary N) is 1. The van der Waals surface area contributed by atoms with Crippen LogP contribution in [0.4, 0.5) is 5.82 Å². The molecule has 0 spiro atoms. The van der Waals surface area contributed by atoms with E-state index in [4.69, 9.17) is 11.6 Å². The van der Waals surface area contributed by atoms with Crippen molar-refractivity contribution in [3.8, 4) is 5.69 Å². The van der Waals surface area contributed by atoms with Crippen molar-refractivity contribution in [3.63, 3.8) is 0 Å². The number of anilines is 1. The van der Waals surface area contributed by atoms with Gasteiger partial charge in [0.2, 0.25) is 5.91 Å². The highest BCUT2D eigenvalue weighted by atomic mass is 35.5. The molecule has 1 aliphatic heterocycles. The number of nitrogens with zero attached hydrogens (tertiary/aromatic N) is 5. The summed E-state index contributed by atoms with van der Waals surface area (Å²) >= 11 is 7.54. The van der Waals surface area contributed by atoms with Crippen molar-refractivity contribution in [2.75, 3.05) is 11.1 Å². The number of hydrogen-bond donors (Lipinski definition) is 1. The molecule has 8 nitrogen and oxygen atoms in total. The average molecular weight is 439 g/mol. The highest BCUT2D eigenvalue weighted by Crippen LogP contribution is 2.33. The summed E-state index contributed by atoms with van der Waals surface area (Å²) in [4.78, 5) is 34.4. The number of aromatic nitrogens is 5. The number of carbonyl (C=O) groups is 1. The Hall–Kier alpha value is -3.17. The third-order valence-corrected chi connectivity index (χ3v) is 6.11. The summed E-state index contributed by atoms with van der Waals surface area (Å²) in [5.41, 5.74) is 0.993. The Morgan fingerprint density at radius 1 is 1.27 bits per heavy atom.